The molecule has 0 aliphatic carbocycles. The predicted molar refractivity (Wildman–Crippen MR) is 56.6 cm³/mol. The van der Waals surface area contributed by atoms with E-state index in [-0.39, 0.29) is 0 Å². The molecule has 2 saturated heterocycles. The molecule has 1 N–H and O–H groups in total. The first-order valence-electron chi connectivity index (χ1n) is 5.85. The van der Waals surface area contributed by atoms with Crippen LogP contribution in [-0.4, -0.2) is 12.1 Å². The minimum Gasteiger partial charge on any atom is -0.311 e. The minimum absolute atomic E-state index is 0.845. The smallest absolute Gasteiger partial charge is 0.0104 e. The Bertz CT molecular complexity index is 166. The fourth-order valence-corrected chi connectivity index (χ4v) is 3.40. The van der Waals surface area contributed by atoms with E-state index in [2.05, 4.69) is 33.0 Å². The maximum atomic E-state index is 3.79. The lowest BCUT2D eigenvalue weighted by molar-refractivity contribution is 0.232. The first kappa shape index (κ1) is 9.51. The Kier molecular flexibility index (Phi) is 2.39. The maximum absolute atomic E-state index is 3.79. The molecule has 1 heteroatoms. The van der Waals surface area contributed by atoms with Crippen molar-refractivity contribution in [2.24, 2.45) is 23.7 Å². The molecule has 0 aromatic rings. The van der Waals surface area contributed by atoms with Crippen LogP contribution in [0.3, 0.4) is 0 Å². The van der Waals surface area contributed by atoms with Crippen LogP contribution in [-0.2, 0) is 0 Å². The molecule has 0 aromatic heterocycles. The molecule has 0 spiro atoms. The van der Waals surface area contributed by atoms with Crippen LogP contribution in [0.15, 0.2) is 0 Å². The van der Waals surface area contributed by atoms with Gasteiger partial charge in [0.05, 0.1) is 0 Å². The van der Waals surface area contributed by atoms with Gasteiger partial charge in [0.2, 0.25) is 0 Å². The van der Waals surface area contributed by atoms with Gasteiger partial charge in [0, 0.05) is 12.1 Å². The normalized spacial score (nSPS) is 43.8. The Morgan fingerprint density at radius 1 is 0.846 bits per heavy atom. The Hall–Kier alpha value is -0.0400. The zero-order valence-corrected chi connectivity index (χ0v) is 9.38. The molecule has 13 heavy (non-hydrogen) atoms. The first-order chi connectivity index (χ1) is 6.09. The summed E-state index contributed by atoms with van der Waals surface area (Å²) in [5.41, 5.74) is 0. The second kappa shape index (κ2) is 3.27. The molecule has 76 valence electrons. The van der Waals surface area contributed by atoms with Crippen LogP contribution >= 0.6 is 0 Å². The Labute approximate surface area is 82.3 Å². The molecule has 2 aliphatic rings. The fourth-order valence-electron chi connectivity index (χ4n) is 3.40. The number of rotatable bonds is 2. The maximum Gasteiger partial charge on any atom is 0.0104 e. The van der Waals surface area contributed by atoms with Crippen LogP contribution in [0, 0.1) is 23.7 Å². The van der Waals surface area contributed by atoms with E-state index in [1.807, 2.05) is 0 Å². The lowest BCUT2D eigenvalue weighted by Crippen LogP contribution is -2.29. The highest BCUT2D eigenvalue weighted by molar-refractivity contribution is 5.03. The molecule has 0 aromatic carbocycles. The molecule has 1 nitrogen and oxygen atoms in total. The second-order valence-corrected chi connectivity index (χ2v) is 5.67. The van der Waals surface area contributed by atoms with Gasteiger partial charge in [0.1, 0.15) is 0 Å². The lowest BCUT2D eigenvalue weighted by Gasteiger charge is -2.30. The topological polar surface area (TPSA) is 12.0 Å². The van der Waals surface area contributed by atoms with E-state index in [4.69, 9.17) is 0 Å². The van der Waals surface area contributed by atoms with Crippen molar-refractivity contribution in [3.05, 3.63) is 0 Å². The summed E-state index contributed by atoms with van der Waals surface area (Å²) < 4.78 is 0. The summed E-state index contributed by atoms with van der Waals surface area (Å²) in [6.07, 6.45) is 2.87. The van der Waals surface area contributed by atoms with Gasteiger partial charge in [-0.05, 0) is 36.5 Å². The standard InChI is InChI=1S/C12H23N/c1-7(2)9-5-12-10(8(3)4)6-11(9)13-12/h7-13H,5-6H2,1-4H3/t9-,10-,11-,12-/m1/s1. The highest BCUT2D eigenvalue weighted by atomic mass is 15.0. The Balaban J connectivity index is 1.99. The molecule has 0 saturated carbocycles. The average molecular weight is 181 g/mol. The quantitative estimate of drug-likeness (QED) is 0.690. The van der Waals surface area contributed by atoms with E-state index >= 15 is 0 Å². The highest BCUT2D eigenvalue weighted by Crippen LogP contribution is 2.43. The molecule has 2 rings (SSSR count). The minimum atomic E-state index is 0.845. The third-order valence-electron chi connectivity index (χ3n) is 4.23. The number of fused-ring (bicyclic) bond motifs is 2. The van der Waals surface area contributed by atoms with Crippen molar-refractivity contribution >= 4 is 0 Å². The molecule has 4 atom stereocenters. The molecular weight excluding hydrogens is 158 g/mol. The molecule has 0 unspecified atom stereocenters. The Morgan fingerprint density at radius 3 is 1.46 bits per heavy atom. The van der Waals surface area contributed by atoms with E-state index in [1.54, 1.807) is 0 Å². The van der Waals surface area contributed by atoms with Crippen LogP contribution in [0.25, 0.3) is 0 Å². The molecule has 0 radical (unpaired) electrons. The predicted octanol–water partition coefficient (Wildman–Crippen LogP) is 2.67. The van der Waals surface area contributed by atoms with Crippen molar-refractivity contribution in [2.45, 2.75) is 52.6 Å². The zero-order chi connectivity index (χ0) is 9.59. The average Bonchev–Trinajstić information content (AvgIpc) is 2.60. The van der Waals surface area contributed by atoms with Crippen LogP contribution in [0.2, 0.25) is 0 Å². The third kappa shape index (κ3) is 1.52. The van der Waals surface area contributed by atoms with E-state index < -0.39 is 0 Å². The molecule has 2 bridgehead atoms. The monoisotopic (exact) mass is 181 g/mol. The summed E-state index contributed by atoms with van der Waals surface area (Å²) in [7, 11) is 0. The molecule has 2 fully saturated rings. The number of hydrogen-bond donors (Lipinski definition) is 1. The largest absolute Gasteiger partial charge is 0.311 e. The summed E-state index contributed by atoms with van der Waals surface area (Å²) in [5.74, 6) is 3.66. The van der Waals surface area contributed by atoms with Crippen LogP contribution in [0.5, 0.6) is 0 Å². The van der Waals surface area contributed by atoms with Gasteiger partial charge in [-0.1, -0.05) is 27.7 Å². The number of nitrogens with one attached hydrogen (secondary N) is 1. The van der Waals surface area contributed by atoms with Gasteiger partial charge >= 0.3 is 0 Å². The zero-order valence-electron chi connectivity index (χ0n) is 9.38. The van der Waals surface area contributed by atoms with Crippen LogP contribution < -0.4 is 5.32 Å². The fraction of sp³-hybridized carbons (Fsp3) is 1.00. The van der Waals surface area contributed by atoms with Crippen molar-refractivity contribution in [2.75, 3.05) is 0 Å². The van der Waals surface area contributed by atoms with Gasteiger partial charge in [-0.2, -0.15) is 0 Å². The number of hydrogen-bond acceptors (Lipinski definition) is 1. The van der Waals surface area contributed by atoms with Crippen molar-refractivity contribution < 1.29 is 0 Å². The van der Waals surface area contributed by atoms with Gasteiger partial charge in [0.15, 0.2) is 0 Å². The highest BCUT2D eigenvalue weighted by Gasteiger charge is 2.46. The SMILES string of the molecule is CC(C)[C@H]1C[C@H]2N[C@@H]1C[C@@H]2C(C)C. The van der Waals surface area contributed by atoms with Crippen molar-refractivity contribution in [3.8, 4) is 0 Å². The van der Waals surface area contributed by atoms with E-state index in [0.717, 1.165) is 35.8 Å². The van der Waals surface area contributed by atoms with Crippen molar-refractivity contribution in [3.63, 3.8) is 0 Å². The van der Waals surface area contributed by atoms with E-state index in [0.29, 0.717) is 0 Å². The van der Waals surface area contributed by atoms with Crippen molar-refractivity contribution in [1.29, 1.82) is 0 Å². The van der Waals surface area contributed by atoms with Gasteiger partial charge < -0.3 is 5.32 Å². The summed E-state index contributed by atoms with van der Waals surface area (Å²) >= 11 is 0. The summed E-state index contributed by atoms with van der Waals surface area (Å²) in [5, 5.41) is 3.79. The summed E-state index contributed by atoms with van der Waals surface area (Å²) in [6.45, 7) is 9.49. The van der Waals surface area contributed by atoms with Crippen molar-refractivity contribution in [1.82, 2.24) is 5.32 Å². The van der Waals surface area contributed by atoms with Gasteiger partial charge in [-0.3, -0.25) is 0 Å². The molecular formula is C12H23N. The Morgan fingerprint density at radius 2 is 1.23 bits per heavy atom. The molecule has 0 amide bonds. The lowest BCUT2D eigenvalue weighted by atomic mass is 9.73. The van der Waals surface area contributed by atoms with Gasteiger partial charge in [-0.25, -0.2) is 0 Å². The third-order valence-corrected chi connectivity index (χ3v) is 4.23. The van der Waals surface area contributed by atoms with Gasteiger partial charge in [0.25, 0.3) is 0 Å². The summed E-state index contributed by atoms with van der Waals surface area (Å²) in [6, 6.07) is 1.69. The van der Waals surface area contributed by atoms with E-state index in [1.165, 1.54) is 12.8 Å². The van der Waals surface area contributed by atoms with Gasteiger partial charge in [-0.15, -0.1) is 0 Å². The summed E-state index contributed by atoms with van der Waals surface area (Å²) in [4.78, 5) is 0. The second-order valence-electron chi connectivity index (χ2n) is 5.67. The molecule has 2 heterocycles. The van der Waals surface area contributed by atoms with Crippen LogP contribution in [0.1, 0.15) is 40.5 Å². The first-order valence-corrected chi connectivity index (χ1v) is 5.85. The van der Waals surface area contributed by atoms with Crippen LogP contribution in [0.4, 0.5) is 0 Å². The molecule has 2 aliphatic heterocycles. The van der Waals surface area contributed by atoms with E-state index in [9.17, 15) is 0 Å².